The summed E-state index contributed by atoms with van der Waals surface area (Å²) in [5.41, 5.74) is 0.651. The maximum atomic E-state index is 12.6. The number of anilines is 1. The topological polar surface area (TPSA) is 73.9 Å². The molecule has 0 aliphatic carbocycles. The fraction of sp³-hybridized carbons (Fsp3) is 0.391. The number of carbonyl (C=O) groups excluding carboxylic acids is 2. The number of amides is 2. The molecule has 1 heterocycles. The van der Waals surface area contributed by atoms with Crippen LogP contribution in [0.5, 0.6) is 11.5 Å². The van der Waals surface area contributed by atoms with Crippen LogP contribution in [0.1, 0.15) is 13.3 Å². The van der Waals surface area contributed by atoms with Crippen LogP contribution in [-0.4, -0.2) is 67.4 Å². The average Bonchev–Trinajstić information content (AvgIpc) is 2.76. The van der Waals surface area contributed by atoms with Gasteiger partial charge in [-0.1, -0.05) is 37.3 Å². The van der Waals surface area contributed by atoms with Crippen LogP contribution in [0.2, 0.25) is 0 Å². The number of hydrogen-bond donors (Lipinski definition) is 2. The van der Waals surface area contributed by atoms with E-state index in [1.165, 1.54) is 0 Å². The Hall–Kier alpha value is -2.90. The number of piperazine rings is 1. The Morgan fingerprint density at radius 3 is 2.13 bits per heavy atom. The monoisotopic (exact) mass is 410 g/mol. The predicted octanol–water partition coefficient (Wildman–Crippen LogP) is 2.56. The summed E-state index contributed by atoms with van der Waals surface area (Å²) in [4.78, 5) is 28.7. The Balaban J connectivity index is 1.46. The van der Waals surface area contributed by atoms with E-state index >= 15 is 0 Å². The number of ether oxygens (including phenoxy) is 1. The number of hydrogen-bond acceptors (Lipinski definition) is 5. The smallest absolute Gasteiger partial charge is 0.238 e. The molecule has 1 fully saturated rings. The van der Waals surface area contributed by atoms with Crippen molar-refractivity contribution in [3.8, 4) is 11.5 Å². The average molecular weight is 411 g/mol. The van der Waals surface area contributed by atoms with Crippen LogP contribution in [0.25, 0.3) is 0 Å². The molecule has 3 rings (SSSR count). The van der Waals surface area contributed by atoms with E-state index in [1.807, 2.05) is 61.5 Å². The fourth-order valence-electron chi connectivity index (χ4n) is 3.30. The summed E-state index contributed by atoms with van der Waals surface area (Å²) >= 11 is 0. The van der Waals surface area contributed by atoms with Crippen molar-refractivity contribution >= 4 is 17.5 Å². The maximum Gasteiger partial charge on any atom is 0.238 e. The van der Waals surface area contributed by atoms with Gasteiger partial charge in [0.1, 0.15) is 5.75 Å². The molecule has 1 aliphatic heterocycles. The molecular formula is C23H30N4O3. The Morgan fingerprint density at radius 2 is 1.47 bits per heavy atom. The standard InChI is InChI=1S/C23H30N4O3/c1-2-12-24-22(28)17-26-13-15-27(16-14-26)18-23(29)25-20-10-6-7-11-21(20)30-19-8-4-3-5-9-19/h3-11H,2,12-18H2,1H3,(H,24,28)(H,25,29). The van der Waals surface area contributed by atoms with E-state index < -0.39 is 0 Å². The van der Waals surface area contributed by atoms with E-state index in [1.54, 1.807) is 0 Å². The van der Waals surface area contributed by atoms with Crippen molar-refractivity contribution in [2.45, 2.75) is 13.3 Å². The number of nitrogens with zero attached hydrogens (tertiary/aromatic N) is 2. The molecule has 0 bridgehead atoms. The highest BCUT2D eigenvalue weighted by molar-refractivity contribution is 5.93. The van der Waals surface area contributed by atoms with Crippen molar-refractivity contribution in [1.29, 1.82) is 0 Å². The molecule has 0 radical (unpaired) electrons. The molecule has 1 aliphatic rings. The quantitative estimate of drug-likeness (QED) is 0.665. The molecule has 7 nitrogen and oxygen atoms in total. The van der Waals surface area contributed by atoms with Crippen LogP contribution in [0, 0.1) is 0 Å². The van der Waals surface area contributed by atoms with Crippen molar-refractivity contribution in [3.05, 3.63) is 54.6 Å². The molecule has 2 amide bonds. The molecule has 0 saturated carbocycles. The third-order valence-electron chi connectivity index (χ3n) is 4.90. The second-order valence-electron chi connectivity index (χ2n) is 7.36. The largest absolute Gasteiger partial charge is 0.455 e. The molecule has 30 heavy (non-hydrogen) atoms. The van der Waals surface area contributed by atoms with E-state index in [0.717, 1.165) is 38.3 Å². The highest BCUT2D eigenvalue weighted by Gasteiger charge is 2.21. The van der Waals surface area contributed by atoms with Crippen molar-refractivity contribution in [2.24, 2.45) is 0 Å². The number of benzene rings is 2. The Labute approximate surface area is 178 Å². The van der Waals surface area contributed by atoms with Crippen molar-refractivity contribution in [3.63, 3.8) is 0 Å². The molecule has 1 saturated heterocycles. The van der Waals surface area contributed by atoms with Gasteiger partial charge in [0.15, 0.2) is 5.75 Å². The van der Waals surface area contributed by atoms with Crippen molar-refractivity contribution in [2.75, 3.05) is 51.1 Å². The minimum absolute atomic E-state index is 0.0677. The molecule has 0 spiro atoms. The van der Waals surface area contributed by atoms with Gasteiger partial charge < -0.3 is 15.4 Å². The van der Waals surface area contributed by atoms with E-state index in [-0.39, 0.29) is 11.8 Å². The van der Waals surface area contributed by atoms with Gasteiger partial charge in [0.25, 0.3) is 0 Å². The van der Waals surface area contributed by atoms with Crippen LogP contribution in [0.15, 0.2) is 54.6 Å². The third-order valence-corrected chi connectivity index (χ3v) is 4.90. The molecule has 2 aromatic rings. The summed E-state index contributed by atoms with van der Waals surface area (Å²) in [6.07, 6.45) is 0.939. The second kappa shape index (κ2) is 11.3. The summed E-state index contributed by atoms with van der Waals surface area (Å²) in [7, 11) is 0. The number of carbonyl (C=O) groups is 2. The SMILES string of the molecule is CCCNC(=O)CN1CCN(CC(=O)Nc2ccccc2Oc2ccccc2)CC1. The van der Waals surface area contributed by atoms with Gasteiger partial charge in [0.2, 0.25) is 11.8 Å². The minimum atomic E-state index is -0.0757. The van der Waals surface area contributed by atoms with Gasteiger partial charge in [0.05, 0.1) is 18.8 Å². The summed E-state index contributed by atoms with van der Waals surface area (Å²) in [6, 6.07) is 16.9. The lowest BCUT2D eigenvalue weighted by Gasteiger charge is -2.33. The number of rotatable bonds is 9. The summed E-state index contributed by atoms with van der Waals surface area (Å²) in [5.74, 6) is 1.32. The van der Waals surface area contributed by atoms with E-state index in [9.17, 15) is 9.59 Å². The number of nitrogens with one attached hydrogen (secondary N) is 2. The van der Waals surface area contributed by atoms with Crippen LogP contribution in [0.3, 0.4) is 0 Å². The Kier molecular flexibility index (Phi) is 8.23. The van der Waals surface area contributed by atoms with Gasteiger partial charge in [-0.2, -0.15) is 0 Å². The first-order valence-electron chi connectivity index (χ1n) is 10.5. The molecule has 0 aromatic heterocycles. The van der Waals surface area contributed by atoms with Gasteiger partial charge in [-0.25, -0.2) is 0 Å². The third kappa shape index (κ3) is 6.86. The summed E-state index contributed by atoms with van der Waals surface area (Å²) < 4.78 is 5.91. The summed E-state index contributed by atoms with van der Waals surface area (Å²) in [5, 5.41) is 5.86. The van der Waals surface area contributed by atoms with Crippen molar-refractivity contribution < 1.29 is 14.3 Å². The van der Waals surface area contributed by atoms with Crippen LogP contribution in [-0.2, 0) is 9.59 Å². The van der Waals surface area contributed by atoms with Gasteiger partial charge in [-0.15, -0.1) is 0 Å². The lowest BCUT2D eigenvalue weighted by Crippen LogP contribution is -2.51. The molecule has 0 atom stereocenters. The number of para-hydroxylation sites is 3. The fourth-order valence-corrected chi connectivity index (χ4v) is 3.30. The van der Waals surface area contributed by atoms with E-state index in [0.29, 0.717) is 31.1 Å². The van der Waals surface area contributed by atoms with Gasteiger partial charge in [0, 0.05) is 32.7 Å². The highest BCUT2D eigenvalue weighted by atomic mass is 16.5. The second-order valence-corrected chi connectivity index (χ2v) is 7.36. The van der Waals surface area contributed by atoms with E-state index in [4.69, 9.17) is 4.74 Å². The van der Waals surface area contributed by atoms with Crippen molar-refractivity contribution in [1.82, 2.24) is 15.1 Å². The lowest BCUT2D eigenvalue weighted by atomic mass is 10.2. The minimum Gasteiger partial charge on any atom is -0.455 e. The first-order chi connectivity index (χ1) is 14.6. The van der Waals surface area contributed by atoms with Gasteiger partial charge in [-0.05, 0) is 30.7 Å². The normalized spacial score (nSPS) is 14.8. The van der Waals surface area contributed by atoms with Crippen LogP contribution >= 0.6 is 0 Å². The Morgan fingerprint density at radius 1 is 0.867 bits per heavy atom. The van der Waals surface area contributed by atoms with Crippen LogP contribution in [0.4, 0.5) is 5.69 Å². The predicted molar refractivity (Wildman–Crippen MR) is 118 cm³/mol. The molecule has 2 aromatic carbocycles. The molecule has 7 heteroatoms. The highest BCUT2D eigenvalue weighted by Crippen LogP contribution is 2.29. The zero-order valence-corrected chi connectivity index (χ0v) is 17.5. The first kappa shape index (κ1) is 21.8. The first-order valence-corrected chi connectivity index (χ1v) is 10.5. The van der Waals surface area contributed by atoms with Crippen LogP contribution < -0.4 is 15.4 Å². The lowest BCUT2D eigenvalue weighted by molar-refractivity contribution is -0.123. The van der Waals surface area contributed by atoms with Gasteiger partial charge >= 0.3 is 0 Å². The zero-order valence-electron chi connectivity index (χ0n) is 17.5. The summed E-state index contributed by atoms with van der Waals surface area (Å²) in [6.45, 7) is 6.57. The molecular weight excluding hydrogens is 380 g/mol. The Bertz CT molecular complexity index is 820. The van der Waals surface area contributed by atoms with Gasteiger partial charge in [-0.3, -0.25) is 19.4 Å². The molecule has 2 N–H and O–H groups in total. The molecule has 0 unspecified atom stereocenters. The maximum absolute atomic E-state index is 12.6. The molecule has 160 valence electrons. The zero-order chi connectivity index (χ0) is 21.2. The van der Waals surface area contributed by atoms with E-state index in [2.05, 4.69) is 20.4 Å².